The van der Waals surface area contributed by atoms with Gasteiger partial charge in [0.15, 0.2) is 11.5 Å². The molecule has 232 valence electrons. The van der Waals surface area contributed by atoms with E-state index in [1.807, 2.05) is 58.0 Å². The zero-order valence-electron chi connectivity index (χ0n) is 25.7. The number of sulfonamides is 1. The van der Waals surface area contributed by atoms with E-state index in [0.717, 1.165) is 31.9 Å². The van der Waals surface area contributed by atoms with Crippen LogP contribution in [-0.2, 0) is 26.2 Å². The number of amides is 2. The minimum Gasteiger partial charge on any atom is -0.493 e. The predicted molar refractivity (Wildman–Crippen MR) is 172 cm³/mol. The Morgan fingerprint density at radius 2 is 1.58 bits per heavy atom. The summed E-state index contributed by atoms with van der Waals surface area (Å²) in [5.74, 6) is -0.243. The van der Waals surface area contributed by atoms with Gasteiger partial charge in [-0.1, -0.05) is 41.1 Å². The lowest BCUT2D eigenvalue weighted by molar-refractivity contribution is -0.139. The molecule has 11 heteroatoms. The second-order valence-electron chi connectivity index (χ2n) is 10.5. The molecule has 0 aromatic heterocycles. The van der Waals surface area contributed by atoms with Gasteiger partial charge in [-0.05, 0) is 87.2 Å². The zero-order chi connectivity index (χ0) is 31.9. The van der Waals surface area contributed by atoms with Crippen LogP contribution >= 0.6 is 15.9 Å². The number of nitrogens with one attached hydrogen (secondary N) is 1. The van der Waals surface area contributed by atoms with Crippen molar-refractivity contribution in [2.24, 2.45) is 0 Å². The fourth-order valence-electron chi connectivity index (χ4n) is 4.61. The number of carbonyl (C=O) groups is 2. The lowest BCUT2D eigenvalue weighted by Gasteiger charge is -2.32. The van der Waals surface area contributed by atoms with Gasteiger partial charge in [-0.25, -0.2) is 8.42 Å². The first-order chi connectivity index (χ1) is 20.3. The van der Waals surface area contributed by atoms with Gasteiger partial charge in [0, 0.05) is 23.1 Å². The first kappa shape index (κ1) is 33.9. The minimum absolute atomic E-state index is 0.0711. The Balaban J connectivity index is 2.11. The standard InChI is InChI=1S/C32H40BrN3O6S/c1-8-23(4)34-32(38)24(5)35(19-25-10-9-11-26(33)17-25)31(37)20-36(27-15-21(2)14-22(3)16-27)43(39,40)28-12-13-29(41-6)30(18-28)42-7/h9-18,23-24H,8,19-20H2,1-7H3,(H,34,38)/t23-,24+/m1/s1. The van der Waals surface area contributed by atoms with Crippen molar-refractivity contribution in [2.45, 2.75) is 64.6 Å². The van der Waals surface area contributed by atoms with E-state index in [4.69, 9.17) is 9.47 Å². The van der Waals surface area contributed by atoms with E-state index in [0.29, 0.717) is 11.4 Å². The van der Waals surface area contributed by atoms with Crippen LogP contribution in [-0.4, -0.2) is 58.0 Å². The molecule has 0 saturated carbocycles. The summed E-state index contributed by atoms with van der Waals surface area (Å²) in [5, 5.41) is 2.94. The summed E-state index contributed by atoms with van der Waals surface area (Å²) >= 11 is 3.47. The van der Waals surface area contributed by atoms with Gasteiger partial charge in [0.05, 0.1) is 24.8 Å². The van der Waals surface area contributed by atoms with Gasteiger partial charge in [-0.15, -0.1) is 0 Å². The van der Waals surface area contributed by atoms with E-state index in [-0.39, 0.29) is 29.1 Å². The van der Waals surface area contributed by atoms with Crippen LogP contribution in [0.25, 0.3) is 0 Å². The molecular weight excluding hydrogens is 634 g/mol. The van der Waals surface area contributed by atoms with Crippen LogP contribution in [0.1, 0.15) is 43.9 Å². The van der Waals surface area contributed by atoms with E-state index < -0.39 is 28.5 Å². The first-order valence-corrected chi connectivity index (χ1v) is 16.2. The molecule has 1 N–H and O–H groups in total. The van der Waals surface area contributed by atoms with Gasteiger partial charge in [0.1, 0.15) is 12.6 Å². The highest BCUT2D eigenvalue weighted by Crippen LogP contribution is 2.33. The van der Waals surface area contributed by atoms with Crippen molar-refractivity contribution >= 4 is 43.5 Å². The minimum atomic E-state index is -4.28. The predicted octanol–water partition coefficient (Wildman–Crippen LogP) is 5.61. The van der Waals surface area contributed by atoms with Crippen LogP contribution in [0.5, 0.6) is 11.5 Å². The number of hydrogen-bond acceptors (Lipinski definition) is 6. The number of methoxy groups -OCH3 is 2. The van der Waals surface area contributed by atoms with Gasteiger partial charge in [-0.2, -0.15) is 0 Å². The molecule has 0 spiro atoms. The molecule has 3 aromatic carbocycles. The van der Waals surface area contributed by atoms with E-state index in [1.54, 1.807) is 19.1 Å². The Morgan fingerprint density at radius 1 is 0.930 bits per heavy atom. The van der Waals surface area contributed by atoms with Crippen molar-refractivity contribution in [3.05, 3.63) is 81.8 Å². The topological polar surface area (TPSA) is 105 Å². The molecule has 9 nitrogen and oxygen atoms in total. The van der Waals surface area contributed by atoms with E-state index in [2.05, 4.69) is 21.2 Å². The third kappa shape index (κ3) is 8.51. The highest BCUT2D eigenvalue weighted by Gasteiger charge is 2.33. The Labute approximate surface area is 263 Å². The van der Waals surface area contributed by atoms with Gasteiger partial charge in [0.2, 0.25) is 11.8 Å². The maximum Gasteiger partial charge on any atom is 0.264 e. The summed E-state index contributed by atoms with van der Waals surface area (Å²) in [4.78, 5) is 28.8. The number of hydrogen-bond donors (Lipinski definition) is 1. The molecule has 0 heterocycles. The molecule has 3 rings (SSSR count). The maximum absolute atomic E-state index is 14.2. The number of benzene rings is 3. The third-order valence-corrected chi connectivity index (χ3v) is 9.39. The molecule has 0 radical (unpaired) electrons. The SMILES string of the molecule is CC[C@@H](C)NC(=O)[C@H](C)N(Cc1cccc(Br)c1)C(=O)CN(c1cc(C)cc(C)c1)S(=O)(=O)c1ccc(OC)c(OC)c1. The molecule has 0 bridgehead atoms. The number of nitrogens with zero attached hydrogens (tertiary/aromatic N) is 2. The maximum atomic E-state index is 14.2. The molecule has 2 atom stereocenters. The van der Waals surface area contributed by atoms with E-state index in [1.165, 1.54) is 37.3 Å². The van der Waals surface area contributed by atoms with Crippen LogP contribution in [0.2, 0.25) is 0 Å². The van der Waals surface area contributed by atoms with Crippen molar-refractivity contribution in [3.8, 4) is 11.5 Å². The lowest BCUT2D eigenvalue weighted by atomic mass is 10.1. The number of rotatable bonds is 13. The van der Waals surface area contributed by atoms with E-state index in [9.17, 15) is 18.0 Å². The van der Waals surface area contributed by atoms with Crippen molar-refractivity contribution in [1.29, 1.82) is 0 Å². The highest BCUT2D eigenvalue weighted by molar-refractivity contribution is 9.10. The monoisotopic (exact) mass is 673 g/mol. The summed E-state index contributed by atoms with van der Waals surface area (Å²) in [6, 6.07) is 16.1. The van der Waals surface area contributed by atoms with Crippen LogP contribution in [0.4, 0.5) is 5.69 Å². The first-order valence-electron chi connectivity index (χ1n) is 14.0. The zero-order valence-corrected chi connectivity index (χ0v) is 28.1. The van der Waals surface area contributed by atoms with Gasteiger partial charge >= 0.3 is 0 Å². The second-order valence-corrected chi connectivity index (χ2v) is 13.3. The molecule has 0 unspecified atom stereocenters. The Bertz CT molecular complexity index is 1540. The molecule has 0 aliphatic heterocycles. The van der Waals surface area contributed by atoms with Crippen LogP contribution in [0, 0.1) is 13.8 Å². The molecule has 2 amide bonds. The smallest absolute Gasteiger partial charge is 0.264 e. The average molecular weight is 675 g/mol. The van der Waals surface area contributed by atoms with Crippen LogP contribution < -0.4 is 19.1 Å². The second kappa shape index (κ2) is 14.7. The summed E-state index contributed by atoms with van der Waals surface area (Å²) < 4.78 is 41.0. The molecule has 43 heavy (non-hydrogen) atoms. The molecule has 0 aliphatic rings. The Hall–Kier alpha value is -3.57. The number of anilines is 1. The van der Waals surface area contributed by atoms with Gasteiger partial charge in [0.25, 0.3) is 10.0 Å². The third-order valence-electron chi connectivity index (χ3n) is 7.13. The summed E-state index contributed by atoms with van der Waals surface area (Å²) in [6.45, 7) is 8.79. The number of carbonyl (C=O) groups excluding carboxylic acids is 2. The number of halogens is 1. The summed E-state index contributed by atoms with van der Waals surface area (Å²) in [6.07, 6.45) is 0.724. The number of aryl methyl sites for hydroxylation is 2. The highest BCUT2D eigenvalue weighted by atomic mass is 79.9. The Kier molecular flexibility index (Phi) is 11.6. The van der Waals surface area contributed by atoms with Gasteiger partial charge in [-0.3, -0.25) is 13.9 Å². The molecule has 0 saturated heterocycles. The van der Waals surface area contributed by atoms with Crippen molar-refractivity contribution in [1.82, 2.24) is 10.2 Å². The fourth-order valence-corrected chi connectivity index (χ4v) is 6.47. The summed E-state index contributed by atoms with van der Waals surface area (Å²) in [7, 11) is -1.40. The molecule has 3 aromatic rings. The lowest BCUT2D eigenvalue weighted by Crippen LogP contribution is -2.52. The molecule has 0 fully saturated rings. The average Bonchev–Trinajstić information content (AvgIpc) is 2.96. The normalized spacial score (nSPS) is 12.7. The van der Waals surface area contributed by atoms with Crippen molar-refractivity contribution in [2.75, 3.05) is 25.1 Å². The molecule has 0 aliphatic carbocycles. The van der Waals surface area contributed by atoms with Crippen LogP contribution in [0.15, 0.2) is 70.0 Å². The van der Waals surface area contributed by atoms with Crippen molar-refractivity contribution in [3.63, 3.8) is 0 Å². The fraction of sp³-hybridized carbons (Fsp3) is 0.375. The number of ether oxygens (including phenoxy) is 2. The summed E-state index contributed by atoms with van der Waals surface area (Å²) in [5.41, 5.74) is 2.79. The molecular formula is C32H40BrN3O6S. The van der Waals surface area contributed by atoms with Gasteiger partial charge < -0.3 is 19.7 Å². The van der Waals surface area contributed by atoms with E-state index >= 15 is 0 Å². The largest absolute Gasteiger partial charge is 0.493 e. The quantitative estimate of drug-likeness (QED) is 0.253. The van der Waals surface area contributed by atoms with Crippen LogP contribution in [0.3, 0.4) is 0 Å². The Morgan fingerprint density at radius 3 is 2.16 bits per heavy atom. The van der Waals surface area contributed by atoms with Crippen molar-refractivity contribution < 1.29 is 27.5 Å².